The van der Waals surface area contributed by atoms with Crippen molar-refractivity contribution >= 4 is 5.91 Å². The van der Waals surface area contributed by atoms with Gasteiger partial charge >= 0.3 is 0 Å². The Bertz CT molecular complexity index is 457. The maximum absolute atomic E-state index is 12.1. The molecule has 2 rings (SSSR count). The lowest BCUT2D eigenvalue weighted by atomic mass is 10.3. The lowest BCUT2D eigenvalue weighted by Gasteiger charge is -2.19. The van der Waals surface area contributed by atoms with Crippen LogP contribution in [0, 0.1) is 18.3 Å². The van der Waals surface area contributed by atoms with Crippen LogP contribution in [0.2, 0.25) is 0 Å². The first kappa shape index (κ1) is 12.6. The summed E-state index contributed by atoms with van der Waals surface area (Å²) in [6.45, 7) is 1.60. The molecular weight excluding hydrogens is 230 g/mol. The first-order valence-electron chi connectivity index (χ1n) is 6.03. The summed E-state index contributed by atoms with van der Waals surface area (Å²) in [7, 11) is 0. The second-order valence-corrected chi connectivity index (χ2v) is 4.53. The molecule has 1 amide bonds. The van der Waals surface area contributed by atoms with Gasteiger partial charge in [0, 0.05) is 13.1 Å². The molecule has 0 aliphatic heterocycles. The fourth-order valence-corrected chi connectivity index (χ4v) is 1.72. The molecule has 2 N–H and O–H groups in total. The number of aromatic nitrogens is 3. The zero-order valence-electron chi connectivity index (χ0n) is 10.2. The maximum atomic E-state index is 12.1. The summed E-state index contributed by atoms with van der Waals surface area (Å²) in [5, 5.41) is 7.70. The molecule has 6 heteroatoms. The molecule has 1 aromatic rings. The van der Waals surface area contributed by atoms with E-state index in [1.54, 1.807) is 11.1 Å². The lowest BCUT2D eigenvalue weighted by Crippen LogP contribution is -2.36. The predicted molar refractivity (Wildman–Crippen MR) is 66.1 cm³/mol. The number of nitrogens with zero attached hydrogens (tertiary/aromatic N) is 4. The van der Waals surface area contributed by atoms with E-state index in [0.29, 0.717) is 24.7 Å². The van der Waals surface area contributed by atoms with Gasteiger partial charge in [0.2, 0.25) is 5.91 Å². The number of nitrogens with two attached hydrogens (primary N) is 1. The first-order valence-corrected chi connectivity index (χ1v) is 6.03. The molecule has 1 aliphatic carbocycles. The minimum Gasteiger partial charge on any atom is -0.330 e. The van der Waals surface area contributed by atoms with Gasteiger partial charge in [-0.1, -0.05) is 11.1 Å². The summed E-state index contributed by atoms with van der Waals surface area (Å²) in [5.41, 5.74) is 6.11. The van der Waals surface area contributed by atoms with Crippen molar-refractivity contribution in [2.24, 2.45) is 11.7 Å². The smallest absolute Gasteiger partial charge is 0.245 e. The fraction of sp³-hybridized carbons (Fsp3) is 0.583. The lowest BCUT2D eigenvalue weighted by molar-refractivity contribution is -0.131. The van der Waals surface area contributed by atoms with Crippen LogP contribution >= 0.6 is 0 Å². The van der Waals surface area contributed by atoms with Crippen molar-refractivity contribution in [3.8, 4) is 12.3 Å². The number of terminal acetylenes is 1. The summed E-state index contributed by atoms with van der Waals surface area (Å²) in [4.78, 5) is 13.8. The van der Waals surface area contributed by atoms with E-state index >= 15 is 0 Å². The van der Waals surface area contributed by atoms with Gasteiger partial charge in [0.05, 0.1) is 18.4 Å². The van der Waals surface area contributed by atoms with Crippen molar-refractivity contribution in [2.75, 3.05) is 13.1 Å². The molecule has 1 aromatic heterocycles. The van der Waals surface area contributed by atoms with E-state index in [-0.39, 0.29) is 12.5 Å². The molecule has 0 radical (unpaired) electrons. The van der Waals surface area contributed by atoms with Crippen LogP contribution in [0.1, 0.15) is 18.5 Å². The molecule has 0 bridgehead atoms. The third-order valence-electron chi connectivity index (χ3n) is 2.90. The fourth-order valence-electron chi connectivity index (χ4n) is 1.72. The number of amides is 1. The van der Waals surface area contributed by atoms with E-state index in [4.69, 9.17) is 12.2 Å². The van der Waals surface area contributed by atoms with E-state index < -0.39 is 0 Å². The van der Waals surface area contributed by atoms with Gasteiger partial charge in [-0.2, -0.15) is 0 Å². The molecule has 0 unspecified atom stereocenters. The zero-order chi connectivity index (χ0) is 13.0. The highest BCUT2D eigenvalue weighted by atomic mass is 16.2. The Morgan fingerprint density at radius 2 is 2.44 bits per heavy atom. The Hall–Kier alpha value is -1.87. The average Bonchev–Trinajstić information content (AvgIpc) is 3.06. The van der Waals surface area contributed by atoms with Gasteiger partial charge in [0.15, 0.2) is 0 Å². The van der Waals surface area contributed by atoms with Crippen LogP contribution in [0.25, 0.3) is 0 Å². The van der Waals surface area contributed by atoms with Gasteiger partial charge in [-0.25, -0.2) is 4.68 Å². The molecule has 0 saturated heterocycles. The summed E-state index contributed by atoms with van der Waals surface area (Å²) in [6.07, 6.45) is 9.35. The minimum absolute atomic E-state index is 0.0201. The molecule has 1 aliphatic rings. The number of hydrogen-bond acceptors (Lipinski definition) is 4. The number of rotatable bonds is 6. The van der Waals surface area contributed by atoms with Crippen LogP contribution in [0.4, 0.5) is 0 Å². The third-order valence-corrected chi connectivity index (χ3v) is 2.90. The summed E-state index contributed by atoms with van der Waals surface area (Å²) >= 11 is 0. The Morgan fingerprint density at radius 1 is 1.67 bits per heavy atom. The van der Waals surface area contributed by atoms with Crippen LogP contribution in [0.15, 0.2) is 6.20 Å². The second kappa shape index (κ2) is 5.65. The van der Waals surface area contributed by atoms with Gasteiger partial charge in [-0.15, -0.1) is 11.5 Å². The maximum Gasteiger partial charge on any atom is 0.245 e. The molecule has 6 nitrogen and oxygen atoms in total. The van der Waals surface area contributed by atoms with Crippen LogP contribution in [0.5, 0.6) is 0 Å². The SMILES string of the molecule is C#CCN(CC1CC1)C(=O)Cn1cc(CN)nn1. The second-order valence-electron chi connectivity index (χ2n) is 4.53. The number of carbonyl (C=O) groups is 1. The van der Waals surface area contributed by atoms with E-state index in [0.717, 1.165) is 6.54 Å². The molecular formula is C12H17N5O. The van der Waals surface area contributed by atoms with Gasteiger partial charge in [0.1, 0.15) is 6.54 Å². The van der Waals surface area contributed by atoms with Gasteiger partial charge < -0.3 is 10.6 Å². The summed E-state index contributed by atoms with van der Waals surface area (Å²) in [6, 6.07) is 0. The zero-order valence-corrected chi connectivity index (χ0v) is 10.2. The molecule has 0 aromatic carbocycles. The Labute approximate surface area is 106 Å². The molecule has 1 heterocycles. The normalized spacial score (nSPS) is 14.2. The molecule has 1 fully saturated rings. The van der Waals surface area contributed by atoms with E-state index in [9.17, 15) is 4.79 Å². The van der Waals surface area contributed by atoms with Crippen LogP contribution in [-0.2, 0) is 17.9 Å². The van der Waals surface area contributed by atoms with E-state index in [2.05, 4.69) is 16.2 Å². The average molecular weight is 247 g/mol. The van der Waals surface area contributed by atoms with Crippen molar-refractivity contribution in [1.82, 2.24) is 19.9 Å². The molecule has 1 saturated carbocycles. The number of carbonyl (C=O) groups excluding carboxylic acids is 1. The molecule has 0 atom stereocenters. The molecule has 96 valence electrons. The Balaban J connectivity index is 1.92. The van der Waals surface area contributed by atoms with E-state index in [1.807, 2.05) is 0 Å². The summed E-state index contributed by atoms with van der Waals surface area (Å²) in [5.74, 6) is 3.13. The quantitative estimate of drug-likeness (QED) is 0.694. The number of hydrogen-bond donors (Lipinski definition) is 1. The van der Waals surface area contributed by atoms with Crippen molar-refractivity contribution in [1.29, 1.82) is 0 Å². The van der Waals surface area contributed by atoms with Gasteiger partial charge in [0.25, 0.3) is 0 Å². The highest BCUT2D eigenvalue weighted by Gasteiger charge is 2.26. The van der Waals surface area contributed by atoms with Crippen molar-refractivity contribution in [2.45, 2.75) is 25.9 Å². The molecule has 0 spiro atoms. The van der Waals surface area contributed by atoms with Crippen molar-refractivity contribution in [3.63, 3.8) is 0 Å². The van der Waals surface area contributed by atoms with Crippen molar-refractivity contribution < 1.29 is 4.79 Å². The van der Waals surface area contributed by atoms with Gasteiger partial charge in [-0.3, -0.25) is 4.79 Å². The van der Waals surface area contributed by atoms with E-state index in [1.165, 1.54) is 17.5 Å². The predicted octanol–water partition coefficient (Wildman–Crippen LogP) is -0.391. The first-order chi connectivity index (χ1) is 8.72. The van der Waals surface area contributed by atoms with Crippen molar-refractivity contribution in [3.05, 3.63) is 11.9 Å². The Kier molecular flexibility index (Phi) is 3.95. The Morgan fingerprint density at radius 3 is 3.00 bits per heavy atom. The largest absolute Gasteiger partial charge is 0.330 e. The molecule has 18 heavy (non-hydrogen) atoms. The monoisotopic (exact) mass is 247 g/mol. The topological polar surface area (TPSA) is 77.0 Å². The van der Waals surface area contributed by atoms with Gasteiger partial charge in [-0.05, 0) is 18.8 Å². The highest BCUT2D eigenvalue weighted by molar-refractivity contribution is 5.76. The highest BCUT2D eigenvalue weighted by Crippen LogP contribution is 2.29. The standard InChI is InChI=1S/C12H17N5O/c1-2-5-16(7-10-3-4-10)12(18)9-17-8-11(6-13)14-15-17/h1,8,10H,3-7,9,13H2. The van der Waals surface area contributed by atoms with Crippen LogP contribution in [0.3, 0.4) is 0 Å². The van der Waals surface area contributed by atoms with Crippen LogP contribution < -0.4 is 5.73 Å². The summed E-state index contributed by atoms with van der Waals surface area (Å²) < 4.78 is 1.50. The van der Waals surface area contributed by atoms with Crippen LogP contribution in [-0.4, -0.2) is 38.9 Å². The minimum atomic E-state index is -0.0201. The third kappa shape index (κ3) is 3.31.